The third-order valence-electron chi connectivity index (χ3n) is 5.54. The summed E-state index contributed by atoms with van der Waals surface area (Å²) >= 11 is 6.67. The molecule has 0 amide bonds. The van der Waals surface area contributed by atoms with Crippen molar-refractivity contribution in [1.29, 1.82) is 0 Å². The van der Waals surface area contributed by atoms with E-state index < -0.39 is 5.66 Å². The minimum atomic E-state index is -1.17. The Morgan fingerprint density at radius 2 is 1.39 bits per heavy atom. The van der Waals surface area contributed by atoms with Crippen LogP contribution in [-0.4, -0.2) is 35.6 Å². The lowest BCUT2D eigenvalue weighted by atomic mass is 10.00. The molecule has 0 saturated heterocycles. The van der Waals surface area contributed by atoms with E-state index in [0.29, 0.717) is 22.3 Å². The first-order valence-corrected chi connectivity index (χ1v) is 10.8. The molecule has 1 aliphatic rings. The minimum Gasteiger partial charge on any atom is -0.497 e. The molecule has 1 aliphatic heterocycles. The molecule has 0 radical (unpaired) electrons. The molecule has 0 unspecified atom stereocenters. The first-order valence-electron chi connectivity index (χ1n) is 10.4. The van der Waals surface area contributed by atoms with Gasteiger partial charge >= 0.3 is 0 Å². The number of halogens is 1. The molecule has 0 saturated carbocycles. The Labute approximate surface area is 196 Å². The maximum absolute atomic E-state index is 6.67. The summed E-state index contributed by atoms with van der Waals surface area (Å²) in [6.45, 7) is 0. The van der Waals surface area contributed by atoms with Crippen LogP contribution in [0.4, 0.5) is 0 Å². The van der Waals surface area contributed by atoms with Crippen LogP contribution in [0.3, 0.4) is 0 Å². The van der Waals surface area contributed by atoms with Crippen LogP contribution in [-0.2, 0) is 5.66 Å². The molecule has 2 heterocycles. The molecular weight excluding hydrogens is 436 g/mol. The van der Waals surface area contributed by atoms with E-state index in [9.17, 15) is 0 Å². The number of hydrogen-bond acceptors (Lipinski definition) is 5. The Morgan fingerprint density at radius 3 is 1.91 bits per heavy atom. The molecule has 5 rings (SSSR count). The topological polar surface area (TPSA) is 71.9 Å². The van der Waals surface area contributed by atoms with E-state index in [0.717, 1.165) is 28.2 Å². The molecular formula is C26H21ClN4O2. The van der Waals surface area contributed by atoms with E-state index in [-0.39, 0.29) is 0 Å². The summed E-state index contributed by atoms with van der Waals surface area (Å²) in [7, 11) is 3.28. The highest BCUT2D eigenvalue weighted by Crippen LogP contribution is 2.42. The largest absolute Gasteiger partial charge is 0.497 e. The maximum Gasteiger partial charge on any atom is 0.236 e. The highest BCUT2D eigenvalue weighted by Gasteiger charge is 2.44. The lowest BCUT2D eigenvalue weighted by Gasteiger charge is -2.22. The van der Waals surface area contributed by atoms with Crippen molar-refractivity contribution in [3.63, 3.8) is 0 Å². The molecule has 1 aromatic heterocycles. The van der Waals surface area contributed by atoms with E-state index >= 15 is 0 Å². The van der Waals surface area contributed by atoms with Crippen LogP contribution in [0.1, 0.15) is 22.5 Å². The second-order valence-corrected chi connectivity index (χ2v) is 7.88. The van der Waals surface area contributed by atoms with Crippen LogP contribution in [0.5, 0.6) is 11.5 Å². The Balaban J connectivity index is 1.81. The Bertz CT molecular complexity index is 1300. The van der Waals surface area contributed by atoms with Gasteiger partial charge in [-0.1, -0.05) is 54.1 Å². The van der Waals surface area contributed by atoms with Crippen LogP contribution in [0.25, 0.3) is 0 Å². The summed E-state index contributed by atoms with van der Waals surface area (Å²) in [5.74, 6) is 2.04. The lowest BCUT2D eigenvalue weighted by molar-refractivity contribution is 0.414. The lowest BCUT2D eigenvalue weighted by Crippen LogP contribution is -2.23. The van der Waals surface area contributed by atoms with E-state index in [2.05, 4.69) is 9.97 Å². The number of ether oxygens (including phenoxy) is 2. The number of methoxy groups -OCH3 is 2. The van der Waals surface area contributed by atoms with E-state index in [1.54, 1.807) is 26.6 Å². The number of aromatic nitrogens is 2. The normalized spacial score (nSPS) is 14.5. The van der Waals surface area contributed by atoms with Crippen molar-refractivity contribution in [3.05, 3.63) is 113 Å². The summed E-state index contributed by atoms with van der Waals surface area (Å²) < 4.78 is 10.9. The average molecular weight is 457 g/mol. The van der Waals surface area contributed by atoms with Crippen molar-refractivity contribution in [1.82, 2.24) is 9.97 Å². The van der Waals surface area contributed by atoms with Gasteiger partial charge in [-0.3, -0.25) is 0 Å². The van der Waals surface area contributed by atoms with Gasteiger partial charge in [0, 0.05) is 34.1 Å². The molecule has 3 aromatic carbocycles. The van der Waals surface area contributed by atoms with Gasteiger partial charge in [0.2, 0.25) is 5.66 Å². The van der Waals surface area contributed by atoms with Crippen LogP contribution in [0, 0.1) is 0 Å². The van der Waals surface area contributed by atoms with Crippen molar-refractivity contribution in [2.24, 2.45) is 9.98 Å². The van der Waals surface area contributed by atoms with E-state index in [1.165, 1.54) is 0 Å². The molecule has 4 aromatic rings. The predicted octanol–water partition coefficient (Wildman–Crippen LogP) is 5.27. The molecule has 1 N–H and O–H groups in total. The third-order valence-corrected chi connectivity index (χ3v) is 5.87. The average Bonchev–Trinajstić information content (AvgIpc) is 3.54. The molecule has 6 nitrogen and oxygen atoms in total. The van der Waals surface area contributed by atoms with Crippen molar-refractivity contribution in [2.75, 3.05) is 14.2 Å². The number of imidazole rings is 1. The predicted molar refractivity (Wildman–Crippen MR) is 130 cm³/mol. The number of aliphatic imine (C=N–C) groups is 2. The number of nitrogens with zero attached hydrogens (tertiary/aromatic N) is 3. The monoisotopic (exact) mass is 456 g/mol. The summed E-state index contributed by atoms with van der Waals surface area (Å²) in [5.41, 5.74) is 2.73. The van der Waals surface area contributed by atoms with Crippen molar-refractivity contribution >= 4 is 23.0 Å². The first kappa shape index (κ1) is 21.0. The van der Waals surface area contributed by atoms with E-state index in [4.69, 9.17) is 31.1 Å². The van der Waals surface area contributed by atoms with Gasteiger partial charge < -0.3 is 14.5 Å². The fourth-order valence-corrected chi connectivity index (χ4v) is 4.22. The Morgan fingerprint density at radius 1 is 0.788 bits per heavy atom. The SMILES string of the molecule is COc1cccc(C2=NC(c3ncc[nH]3)(c3ccccc3Cl)N=C2c2cccc(OC)c2)c1. The first-order chi connectivity index (χ1) is 16.1. The fourth-order valence-electron chi connectivity index (χ4n) is 3.95. The molecule has 0 bridgehead atoms. The number of nitrogens with one attached hydrogen (secondary N) is 1. The fraction of sp³-hybridized carbons (Fsp3) is 0.115. The number of rotatable bonds is 6. The second kappa shape index (κ2) is 8.56. The number of aromatic amines is 1. The van der Waals surface area contributed by atoms with Gasteiger partial charge in [-0.2, -0.15) is 0 Å². The Kier molecular flexibility index (Phi) is 5.44. The van der Waals surface area contributed by atoms with Crippen LogP contribution < -0.4 is 9.47 Å². The van der Waals surface area contributed by atoms with Crippen LogP contribution in [0.2, 0.25) is 5.02 Å². The summed E-state index contributed by atoms with van der Waals surface area (Å²) in [4.78, 5) is 18.1. The van der Waals surface area contributed by atoms with Gasteiger partial charge in [0.15, 0.2) is 5.82 Å². The molecule has 33 heavy (non-hydrogen) atoms. The maximum atomic E-state index is 6.67. The molecule has 0 spiro atoms. The molecule has 164 valence electrons. The van der Waals surface area contributed by atoms with Gasteiger partial charge in [0.1, 0.15) is 11.5 Å². The van der Waals surface area contributed by atoms with Gasteiger partial charge in [-0.25, -0.2) is 15.0 Å². The third kappa shape index (κ3) is 3.68. The number of benzene rings is 3. The van der Waals surface area contributed by atoms with Crippen LogP contribution >= 0.6 is 11.6 Å². The van der Waals surface area contributed by atoms with Crippen molar-refractivity contribution in [2.45, 2.75) is 5.66 Å². The highest BCUT2D eigenvalue weighted by atomic mass is 35.5. The van der Waals surface area contributed by atoms with Crippen molar-refractivity contribution in [3.8, 4) is 11.5 Å². The van der Waals surface area contributed by atoms with Gasteiger partial charge in [-0.15, -0.1) is 0 Å². The quantitative estimate of drug-likeness (QED) is 0.429. The summed E-state index contributed by atoms with van der Waals surface area (Å²) in [6.07, 6.45) is 3.45. The minimum absolute atomic E-state index is 0.554. The number of H-pyrrole nitrogens is 1. The summed E-state index contributed by atoms with van der Waals surface area (Å²) in [6, 6.07) is 23.1. The van der Waals surface area contributed by atoms with Gasteiger partial charge in [0.25, 0.3) is 0 Å². The zero-order valence-electron chi connectivity index (χ0n) is 18.1. The van der Waals surface area contributed by atoms with Gasteiger partial charge in [0.05, 0.1) is 25.6 Å². The van der Waals surface area contributed by atoms with Crippen LogP contribution in [0.15, 0.2) is 95.2 Å². The summed E-state index contributed by atoms with van der Waals surface area (Å²) in [5, 5.41) is 0.554. The van der Waals surface area contributed by atoms with E-state index in [1.807, 2.05) is 72.8 Å². The zero-order valence-corrected chi connectivity index (χ0v) is 18.9. The highest BCUT2D eigenvalue weighted by molar-refractivity contribution is 6.54. The molecule has 0 aliphatic carbocycles. The molecule has 7 heteroatoms. The second-order valence-electron chi connectivity index (χ2n) is 7.47. The zero-order chi connectivity index (χ0) is 22.8. The Hall–Kier alpha value is -3.90. The smallest absolute Gasteiger partial charge is 0.236 e. The van der Waals surface area contributed by atoms with Gasteiger partial charge in [-0.05, 0) is 30.3 Å². The molecule has 0 fully saturated rings. The van der Waals surface area contributed by atoms with Crippen molar-refractivity contribution < 1.29 is 9.47 Å². The molecule has 0 atom stereocenters. The number of hydrogen-bond donors (Lipinski definition) is 1. The standard InChI is InChI=1S/C26H21ClN4O2/c1-32-19-9-5-7-17(15-19)23-24(18-8-6-10-20(16-18)33-2)31-26(30-23,25-28-13-14-29-25)21-11-3-4-12-22(21)27/h3-16H,1-2H3,(H,28,29).